The number of benzene rings is 1. The largest absolute Gasteiger partial charge is 0.478 e. The smallest absolute Gasteiger partial charge is 0.226 e. The van der Waals surface area contributed by atoms with Crippen molar-refractivity contribution in [3.8, 4) is 5.88 Å². The number of hydrogen-bond acceptors (Lipinski definition) is 4. The molecular weight excluding hydrogens is 238 g/mol. The van der Waals surface area contributed by atoms with Crippen molar-refractivity contribution in [3.05, 3.63) is 47.7 Å². The third-order valence-corrected chi connectivity index (χ3v) is 3.31. The van der Waals surface area contributed by atoms with Crippen molar-refractivity contribution < 1.29 is 4.74 Å². The number of ether oxygens (including phenoxy) is 1. The lowest BCUT2D eigenvalue weighted by Gasteiger charge is -2.12. The van der Waals surface area contributed by atoms with Crippen molar-refractivity contribution in [3.63, 3.8) is 0 Å². The van der Waals surface area contributed by atoms with E-state index in [1.807, 2.05) is 6.92 Å². The van der Waals surface area contributed by atoms with Crippen LogP contribution in [0.4, 0.5) is 5.95 Å². The van der Waals surface area contributed by atoms with Gasteiger partial charge in [-0.3, -0.25) is 0 Å². The van der Waals surface area contributed by atoms with Gasteiger partial charge in [0.15, 0.2) is 0 Å². The Morgan fingerprint density at radius 1 is 1.21 bits per heavy atom. The van der Waals surface area contributed by atoms with Crippen LogP contribution in [0.15, 0.2) is 36.5 Å². The molecule has 1 aromatic heterocycles. The molecule has 4 nitrogen and oxygen atoms in total. The van der Waals surface area contributed by atoms with Crippen LogP contribution in [0, 0.1) is 0 Å². The van der Waals surface area contributed by atoms with Gasteiger partial charge < -0.3 is 10.1 Å². The van der Waals surface area contributed by atoms with Crippen molar-refractivity contribution in [1.82, 2.24) is 9.97 Å². The quantitative estimate of drug-likeness (QED) is 0.911. The Bertz CT molecular complexity index is 546. The van der Waals surface area contributed by atoms with E-state index in [4.69, 9.17) is 4.74 Å². The van der Waals surface area contributed by atoms with E-state index in [0.29, 0.717) is 24.5 Å². The summed E-state index contributed by atoms with van der Waals surface area (Å²) in [6.45, 7) is 2.56. The summed E-state index contributed by atoms with van der Waals surface area (Å²) >= 11 is 0. The molecule has 4 heteroatoms. The zero-order chi connectivity index (χ0) is 13.1. The Morgan fingerprint density at radius 3 is 2.63 bits per heavy atom. The SMILES string of the molecule is CCOc1ccnc(NC2Cc3ccccc3C2)n1. The number of rotatable bonds is 4. The minimum Gasteiger partial charge on any atom is -0.478 e. The van der Waals surface area contributed by atoms with E-state index >= 15 is 0 Å². The van der Waals surface area contributed by atoms with Crippen LogP contribution in [-0.2, 0) is 12.8 Å². The van der Waals surface area contributed by atoms with Gasteiger partial charge in [-0.2, -0.15) is 4.98 Å². The summed E-state index contributed by atoms with van der Waals surface area (Å²) in [5.74, 6) is 1.26. The van der Waals surface area contributed by atoms with Gasteiger partial charge in [0, 0.05) is 18.3 Å². The van der Waals surface area contributed by atoms with Crippen molar-refractivity contribution in [2.75, 3.05) is 11.9 Å². The average Bonchev–Trinajstić information content (AvgIpc) is 2.81. The first-order valence-electron chi connectivity index (χ1n) is 6.64. The normalized spacial score (nSPS) is 14.2. The van der Waals surface area contributed by atoms with Crippen molar-refractivity contribution in [2.45, 2.75) is 25.8 Å². The Morgan fingerprint density at radius 2 is 1.95 bits per heavy atom. The van der Waals surface area contributed by atoms with E-state index in [0.717, 1.165) is 12.8 Å². The molecule has 0 saturated carbocycles. The molecule has 1 aromatic carbocycles. The van der Waals surface area contributed by atoms with Crippen molar-refractivity contribution >= 4 is 5.95 Å². The van der Waals surface area contributed by atoms with Crippen LogP contribution in [0.25, 0.3) is 0 Å². The van der Waals surface area contributed by atoms with Gasteiger partial charge in [0.05, 0.1) is 6.61 Å². The topological polar surface area (TPSA) is 47.0 Å². The molecule has 1 N–H and O–H groups in total. The van der Waals surface area contributed by atoms with Gasteiger partial charge in [-0.1, -0.05) is 24.3 Å². The average molecular weight is 255 g/mol. The fourth-order valence-electron chi connectivity index (χ4n) is 2.48. The van der Waals surface area contributed by atoms with Gasteiger partial charge in [-0.25, -0.2) is 4.98 Å². The molecule has 0 saturated heterocycles. The zero-order valence-corrected chi connectivity index (χ0v) is 11.0. The second-order valence-corrected chi connectivity index (χ2v) is 4.67. The maximum Gasteiger partial charge on any atom is 0.226 e. The van der Waals surface area contributed by atoms with Crippen molar-refractivity contribution in [2.24, 2.45) is 0 Å². The van der Waals surface area contributed by atoms with Gasteiger partial charge in [-0.15, -0.1) is 0 Å². The highest BCUT2D eigenvalue weighted by Crippen LogP contribution is 2.23. The lowest BCUT2D eigenvalue weighted by molar-refractivity contribution is 0.326. The molecule has 0 bridgehead atoms. The van der Waals surface area contributed by atoms with E-state index in [1.165, 1.54) is 11.1 Å². The Labute approximate surface area is 112 Å². The predicted octanol–water partition coefficient (Wildman–Crippen LogP) is 2.45. The van der Waals surface area contributed by atoms with Gasteiger partial charge in [0.1, 0.15) is 0 Å². The number of hydrogen-bond donors (Lipinski definition) is 1. The molecule has 1 aliphatic carbocycles. The van der Waals surface area contributed by atoms with Gasteiger partial charge in [0.2, 0.25) is 11.8 Å². The molecule has 0 fully saturated rings. The molecule has 98 valence electrons. The molecule has 1 aliphatic rings. The van der Waals surface area contributed by atoms with Gasteiger partial charge in [0.25, 0.3) is 0 Å². The van der Waals surface area contributed by atoms with Crippen LogP contribution in [0.5, 0.6) is 5.88 Å². The van der Waals surface area contributed by atoms with Crippen LogP contribution in [0.1, 0.15) is 18.1 Å². The molecule has 0 aliphatic heterocycles. The summed E-state index contributed by atoms with van der Waals surface area (Å²) in [5.41, 5.74) is 2.84. The summed E-state index contributed by atoms with van der Waals surface area (Å²) in [7, 11) is 0. The standard InChI is InChI=1S/C15H17N3O/c1-2-19-14-7-8-16-15(18-14)17-13-9-11-5-3-4-6-12(11)10-13/h3-8,13H,2,9-10H2,1H3,(H,16,17,18). The van der Waals surface area contributed by atoms with Crippen LogP contribution in [0.2, 0.25) is 0 Å². The van der Waals surface area contributed by atoms with Crippen LogP contribution < -0.4 is 10.1 Å². The van der Waals surface area contributed by atoms with E-state index in [2.05, 4.69) is 39.6 Å². The summed E-state index contributed by atoms with van der Waals surface area (Å²) in [6.07, 6.45) is 3.78. The van der Waals surface area contributed by atoms with E-state index in [-0.39, 0.29) is 0 Å². The van der Waals surface area contributed by atoms with Gasteiger partial charge in [-0.05, 0) is 30.9 Å². The van der Waals surface area contributed by atoms with Crippen LogP contribution in [-0.4, -0.2) is 22.6 Å². The zero-order valence-electron chi connectivity index (χ0n) is 11.0. The highest BCUT2D eigenvalue weighted by Gasteiger charge is 2.21. The Hall–Kier alpha value is -2.10. The number of anilines is 1. The maximum atomic E-state index is 5.38. The van der Waals surface area contributed by atoms with E-state index in [1.54, 1.807) is 12.3 Å². The number of nitrogens with zero attached hydrogens (tertiary/aromatic N) is 2. The third-order valence-electron chi connectivity index (χ3n) is 3.31. The second-order valence-electron chi connectivity index (χ2n) is 4.67. The molecule has 19 heavy (non-hydrogen) atoms. The molecule has 0 unspecified atom stereocenters. The third kappa shape index (κ3) is 2.67. The molecule has 3 rings (SSSR count). The highest BCUT2D eigenvalue weighted by molar-refractivity contribution is 5.38. The predicted molar refractivity (Wildman–Crippen MR) is 74.5 cm³/mol. The molecule has 0 radical (unpaired) electrons. The number of aromatic nitrogens is 2. The first kappa shape index (κ1) is 12.0. The Balaban J connectivity index is 1.69. The number of nitrogens with one attached hydrogen (secondary N) is 1. The first-order valence-corrected chi connectivity index (χ1v) is 6.64. The minimum absolute atomic E-state index is 0.370. The first-order chi connectivity index (χ1) is 9.35. The molecule has 1 heterocycles. The molecule has 0 amide bonds. The summed E-state index contributed by atoms with van der Waals surface area (Å²) in [6, 6.07) is 10.7. The molecule has 0 atom stereocenters. The monoisotopic (exact) mass is 255 g/mol. The fraction of sp³-hybridized carbons (Fsp3) is 0.333. The second kappa shape index (κ2) is 5.26. The summed E-state index contributed by atoms with van der Waals surface area (Å²) in [4.78, 5) is 8.59. The van der Waals surface area contributed by atoms with E-state index in [9.17, 15) is 0 Å². The number of fused-ring (bicyclic) bond motifs is 1. The molecule has 2 aromatic rings. The summed E-state index contributed by atoms with van der Waals surface area (Å²) < 4.78 is 5.38. The lowest BCUT2D eigenvalue weighted by atomic mass is 10.1. The Kier molecular flexibility index (Phi) is 3.31. The van der Waals surface area contributed by atoms with Crippen LogP contribution >= 0.6 is 0 Å². The minimum atomic E-state index is 0.370. The van der Waals surface area contributed by atoms with Gasteiger partial charge >= 0.3 is 0 Å². The molecule has 0 spiro atoms. The summed E-state index contributed by atoms with van der Waals surface area (Å²) in [5, 5.41) is 3.38. The lowest BCUT2D eigenvalue weighted by Crippen LogP contribution is -2.21. The van der Waals surface area contributed by atoms with Crippen molar-refractivity contribution in [1.29, 1.82) is 0 Å². The molecular formula is C15H17N3O. The van der Waals surface area contributed by atoms with Crippen LogP contribution in [0.3, 0.4) is 0 Å². The fourth-order valence-corrected chi connectivity index (χ4v) is 2.48. The highest BCUT2D eigenvalue weighted by atomic mass is 16.5. The maximum absolute atomic E-state index is 5.38. The van der Waals surface area contributed by atoms with E-state index < -0.39 is 0 Å².